The molecule has 1 aromatic carbocycles. The number of fused-ring (bicyclic) bond motifs is 1. The molecule has 1 atom stereocenters. The van der Waals surface area contributed by atoms with Crippen LogP contribution in [0.3, 0.4) is 0 Å². The Kier molecular flexibility index (Phi) is 2.99. The van der Waals surface area contributed by atoms with Crippen molar-refractivity contribution in [3.63, 3.8) is 0 Å². The molecular weight excluding hydrogens is 226 g/mol. The number of furan rings is 1. The Morgan fingerprint density at radius 2 is 2.22 bits per heavy atom. The maximum Gasteiger partial charge on any atom is 0.158 e. The Balaban J connectivity index is 1.83. The molecule has 3 rings (SSSR count). The van der Waals surface area contributed by atoms with Crippen LogP contribution < -0.4 is 5.32 Å². The third kappa shape index (κ3) is 2.09. The van der Waals surface area contributed by atoms with E-state index in [1.165, 1.54) is 5.56 Å². The summed E-state index contributed by atoms with van der Waals surface area (Å²) in [6, 6.07) is 9.83. The molecule has 92 valence electrons. The number of ketones is 1. The molecule has 1 N–H and O–H groups in total. The Morgan fingerprint density at radius 3 is 3.06 bits per heavy atom. The molecule has 0 fully saturated rings. The largest absolute Gasteiger partial charge is 0.472 e. The zero-order chi connectivity index (χ0) is 12.4. The van der Waals surface area contributed by atoms with E-state index < -0.39 is 0 Å². The summed E-state index contributed by atoms with van der Waals surface area (Å²) in [5.74, 6) is 0.198. The fourth-order valence-corrected chi connectivity index (χ4v) is 2.49. The van der Waals surface area contributed by atoms with E-state index in [4.69, 9.17) is 4.42 Å². The standard InChI is InChI=1S/C15H15NO2/c17-14(9-11-6-8-18-10-11)15-13-4-2-1-3-12(13)5-7-16-15/h1-4,6,8,10,15-16H,5,7,9H2. The van der Waals surface area contributed by atoms with Crippen LogP contribution in [0.2, 0.25) is 0 Å². The normalized spacial score (nSPS) is 18.3. The molecule has 0 saturated heterocycles. The number of hydrogen-bond donors (Lipinski definition) is 1. The summed E-state index contributed by atoms with van der Waals surface area (Å²) in [4.78, 5) is 12.3. The lowest BCUT2D eigenvalue weighted by Crippen LogP contribution is -2.35. The van der Waals surface area contributed by atoms with Crippen molar-refractivity contribution in [1.82, 2.24) is 5.32 Å². The maximum atomic E-state index is 12.3. The van der Waals surface area contributed by atoms with Gasteiger partial charge in [-0.25, -0.2) is 0 Å². The van der Waals surface area contributed by atoms with Crippen molar-refractivity contribution < 1.29 is 9.21 Å². The second-order valence-corrected chi connectivity index (χ2v) is 4.61. The molecule has 1 aliphatic rings. The van der Waals surface area contributed by atoms with Crippen LogP contribution in [0.25, 0.3) is 0 Å². The highest BCUT2D eigenvalue weighted by atomic mass is 16.3. The van der Waals surface area contributed by atoms with E-state index in [2.05, 4.69) is 11.4 Å². The third-order valence-corrected chi connectivity index (χ3v) is 3.39. The summed E-state index contributed by atoms with van der Waals surface area (Å²) in [5, 5.41) is 3.31. The molecular formula is C15H15NO2. The van der Waals surface area contributed by atoms with Crippen LogP contribution in [-0.4, -0.2) is 12.3 Å². The first kappa shape index (κ1) is 11.2. The summed E-state index contributed by atoms with van der Waals surface area (Å²) in [6.45, 7) is 0.860. The smallest absolute Gasteiger partial charge is 0.158 e. The number of hydrogen-bond acceptors (Lipinski definition) is 3. The average molecular weight is 241 g/mol. The molecule has 0 spiro atoms. The molecule has 0 aliphatic carbocycles. The van der Waals surface area contributed by atoms with E-state index in [-0.39, 0.29) is 11.8 Å². The Hall–Kier alpha value is -1.87. The first-order valence-corrected chi connectivity index (χ1v) is 6.19. The first-order chi connectivity index (χ1) is 8.84. The molecule has 3 heteroatoms. The van der Waals surface area contributed by atoms with E-state index in [0.29, 0.717) is 6.42 Å². The van der Waals surface area contributed by atoms with Crippen LogP contribution in [0, 0.1) is 0 Å². The molecule has 0 bridgehead atoms. The number of benzene rings is 1. The van der Waals surface area contributed by atoms with Crippen LogP contribution in [0.5, 0.6) is 0 Å². The molecule has 0 saturated carbocycles. The number of carbonyl (C=O) groups excluding carboxylic acids is 1. The van der Waals surface area contributed by atoms with E-state index in [1.807, 2.05) is 24.3 Å². The van der Waals surface area contributed by atoms with Crippen molar-refractivity contribution in [2.45, 2.75) is 18.9 Å². The predicted molar refractivity (Wildman–Crippen MR) is 68.3 cm³/mol. The van der Waals surface area contributed by atoms with Crippen molar-refractivity contribution in [1.29, 1.82) is 0 Å². The van der Waals surface area contributed by atoms with Gasteiger partial charge in [-0.15, -0.1) is 0 Å². The van der Waals surface area contributed by atoms with E-state index >= 15 is 0 Å². The van der Waals surface area contributed by atoms with Gasteiger partial charge in [-0.05, 0) is 29.2 Å². The minimum atomic E-state index is -0.176. The highest BCUT2D eigenvalue weighted by Gasteiger charge is 2.25. The van der Waals surface area contributed by atoms with Gasteiger partial charge in [-0.2, -0.15) is 0 Å². The molecule has 0 radical (unpaired) electrons. The lowest BCUT2D eigenvalue weighted by atomic mass is 9.90. The van der Waals surface area contributed by atoms with Crippen LogP contribution in [0.1, 0.15) is 22.7 Å². The van der Waals surface area contributed by atoms with E-state index in [9.17, 15) is 4.79 Å². The van der Waals surface area contributed by atoms with Gasteiger partial charge in [0.1, 0.15) is 0 Å². The molecule has 2 aromatic rings. The molecule has 1 aromatic heterocycles. The Bertz CT molecular complexity index is 545. The molecule has 3 nitrogen and oxygen atoms in total. The van der Waals surface area contributed by atoms with E-state index in [1.54, 1.807) is 12.5 Å². The van der Waals surface area contributed by atoms with Gasteiger partial charge in [0.15, 0.2) is 5.78 Å². The Morgan fingerprint density at radius 1 is 1.33 bits per heavy atom. The van der Waals surface area contributed by atoms with Gasteiger partial charge >= 0.3 is 0 Å². The monoisotopic (exact) mass is 241 g/mol. The van der Waals surface area contributed by atoms with Crippen molar-refractivity contribution in [2.75, 3.05) is 6.54 Å². The average Bonchev–Trinajstić information content (AvgIpc) is 2.91. The molecule has 0 amide bonds. The molecule has 1 aliphatic heterocycles. The summed E-state index contributed by atoms with van der Waals surface area (Å²) >= 11 is 0. The fourth-order valence-electron chi connectivity index (χ4n) is 2.49. The van der Waals surface area contributed by atoms with Crippen LogP contribution in [0.4, 0.5) is 0 Å². The summed E-state index contributed by atoms with van der Waals surface area (Å²) in [6.07, 6.45) is 4.64. The fraction of sp³-hybridized carbons (Fsp3) is 0.267. The van der Waals surface area contributed by atoms with Crippen molar-refractivity contribution >= 4 is 5.78 Å². The van der Waals surface area contributed by atoms with Crippen LogP contribution in [0.15, 0.2) is 47.3 Å². The van der Waals surface area contributed by atoms with Gasteiger partial charge in [-0.1, -0.05) is 24.3 Å². The van der Waals surface area contributed by atoms with Crippen LogP contribution >= 0.6 is 0 Å². The quantitative estimate of drug-likeness (QED) is 0.896. The lowest BCUT2D eigenvalue weighted by Gasteiger charge is -2.25. The molecule has 2 heterocycles. The maximum absolute atomic E-state index is 12.3. The minimum absolute atomic E-state index is 0.176. The van der Waals surface area contributed by atoms with Gasteiger partial charge in [-0.3, -0.25) is 4.79 Å². The zero-order valence-corrected chi connectivity index (χ0v) is 10.1. The lowest BCUT2D eigenvalue weighted by molar-refractivity contribution is -0.120. The number of Topliss-reactive ketones (excluding diaryl/α,β-unsaturated/α-hetero) is 1. The van der Waals surface area contributed by atoms with E-state index in [0.717, 1.165) is 24.1 Å². The van der Waals surface area contributed by atoms with Gasteiger partial charge in [0.25, 0.3) is 0 Å². The van der Waals surface area contributed by atoms with Gasteiger partial charge < -0.3 is 9.73 Å². The summed E-state index contributed by atoms with van der Waals surface area (Å²) in [5.41, 5.74) is 3.34. The number of carbonyl (C=O) groups is 1. The second kappa shape index (κ2) is 4.78. The summed E-state index contributed by atoms with van der Waals surface area (Å²) in [7, 11) is 0. The highest BCUT2D eigenvalue weighted by molar-refractivity contribution is 5.87. The SMILES string of the molecule is O=C(Cc1ccoc1)C1NCCc2ccccc21. The second-order valence-electron chi connectivity index (χ2n) is 4.61. The van der Waals surface area contributed by atoms with Crippen LogP contribution in [-0.2, 0) is 17.6 Å². The predicted octanol–water partition coefficient (Wildman–Crippen LogP) is 2.28. The number of nitrogens with one attached hydrogen (secondary N) is 1. The van der Waals surface area contributed by atoms with Gasteiger partial charge in [0.2, 0.25) is 0 Å². The topological polar surface area (TPSA) is 42.2 Å². The number of rotatable bonds is 3. The highest BCUT2D eigenvalue weighted by Crippen LogP contribution is 2.24. The van der Waals surface area contributed by atoms with Crippen molar-refractivity contribution in [2.24, 2.45) is 0 Å². The summed E-state index contributed by atoms with van der Waals surface area (Å²) < 4.78 is 5.00. The molecule has 1 unspecified atom stereocenters. The van der Waals surface area contributed by atoms with Crippen molar-refractivity contribution in [3.8, 4) is 0 Å². The van der Waals surface area contributed by atoms with Gasteiger partial charge in [0, 0.05) is 13.0 Å². The minimum Gasteiger partial charge on any atom is -0.472 e. The third-order valence-electron chi connectivity index (χ3n) is 3.39. The first-order valence-electron chi connectivity index (χ1n) is 6.19. The Labute approximate surface area is 106 Å². The van der Waals surface area contributed by atoms with Gasteiger partial charge in [0.05, 0.1) is 18.6 Å². The van der Waals surface area contributed by atoms with Crippen molar-refractivity contribution in [3.05, 3.63) is 59.5 Å². The zero-order valence-electron chi connectivity index (χ0n) is 10.1. The molecule has 18 heavy (non-hydrogen) atoms.